The van der Waals surface area contributed by atoms with Crippen molar-refractivity contribution in [3.05, 3.63) is 33.4 Å². The van der Waals surface area contributed by atoms with Crippen LogP contribution in [0.5, 0.6) is 0 Å². The largest absolute Gasteiger partial charge is 0.462 e. The number of fused-ring (bicyclic) bond motifs is 1. The summed E-state index contributed by atoms with van der Waals surface area (Å²) in [6, 6.07) is 1.24. The highest BCUT2D eigenvalue weighted by Gasteiger charge is 2.42. The fraction of sp³-hybridized carbons (Fsp3) is 0.533. The number of aromatic nitrogens is 3. The van der Waals surface area contributed by atoms with Crippen LogP contribution < -0.4 is 10.9 Å². The van der Waals surface area contributed by atoms with E-state index in [1.165, 1.54) is 13.0 Å². The number of rotatable bonds is 3. The van der Waals surface area contributed by atoms with Crippen molar-refractivity contribution >= 4 is 11.6 Å². The average Bonchev–Trinajstić information content (AvgIpc) is 2.94. The number of hydrogen-bond donors (Lipinski definition) is 2. The highest BCUT2D eigenvalue weighted by molar-refractivity contribution is 5.97. The zero-order valence-electron chi connectivity index (χ0n) is 13.4. The minimum absolute atomic E-state index is 0.0916. The number of halogens is 3. The van der Waals surface area contributed by atoms with E-state index in [0.29, 0.717) is 31.6 Å². The Morgan fingerprint density at radius 3 is 2.68 bits per heavy atom. The molecular formula is C15H17F3N4O3. The lowest BCUT2D eigenvalue weighted by Gasteiger charge is -2.23. The third kappa shape index (κ3) is 3.26. The standard InChI is InChI=1S/C15H17F3N4O3/c1-2-25-14(24)11-12(15(16,17)18)21-22-9(7-10(23)20-13(11)22)8-3-5-19-6-4-8/h7-8,19H,2-6H2,1H3,(H,20,23). The van der Waals surface area contributed by atoms with Gasteiger partial charge in [0.15, 0.2) is 11.3 Å². The summed E-state index contributed by atoms with van der Waals surface area (Å²) in [7, 11) is 0. The predicted octanol–water partition coefficient (Wildman–Crippen LogP) is 1.69. The zero-order chi connectivity index (χ0) is 18.2. The summed E-state index contributed by atoms with van der Waals surface area (Å²) in [5, 5.41) is 6.76. The molecule has 7 nitrogen and oxygen atoms in total. The Morgan fingerprint density at radius 2 is 2.08 bits per heavy atom. The molecule has 0 aliphatic carbocycles. The van der Waals surface area contributed by atoms with Gasteiger partial charge >= 0.3 is 12.1 Å². The Kier molecular flexibility index (Phi) is 4.55. The first-order valence-corrected chi connectivity index (χ1v) is 7.94. The smallest absolute Gasteiger partial charge is 0.436 e. The minimum atomic E-state index is -4.85. The fourth-order valence-electron chi connectivity index (χ4n) is 3.07. The summed E-state index contributed by atoms with van der Waals surface area (Å²) in [6.07, 6.45) is -3.53. The van der Waals surface area contributed by atoms with Crippen LogP contribution in [0.25, 0.3) is 5.65 Å². The number of carbonyl (C=O) groups is 1. The molecule has 3 heterocycles. The zero-order valence-corrected chi connectivity index (χ0v) is 13.4. The second-order valence-electron chi connectivity index (χ2n) is 5.78. The van der Waals surface area contributed by atoms with E-state index in [0.717, 1.165) is 4.52 Å². The Hall–Kier alpha value is -2.36. The van der Waals surface area contributed by atoms with Gasteiger partial charge in [-0.3, -0.25) is 4.79 Å². The number of ether oxygens (including phenoxy) is 1. The molecule has 25 heavy (non-hydrogen) atoms. The molecular weight excluding hydrogens is 341 g/mol. The van der Waals surface area contributed by atoms with Gasteiger partial charge in [0.05, 0.1) is 12.3 Å². The van der Waals surface area contributed by atoms with Crippen molar-refractivity contribution in [3.8, 4) is 0 Å². The summed E-state index contributed by atoms with van der Waals surface area (Å²) in [6.45, 7) is 2.78. The molecule has 0 amide bonds. The van der Waals surface area contributed by atoms with E-state index in [1.807, 2.05) is 0 Å². The average molecular weight is 358 g/mol. The number of carbonyl (C=O) groups excluding carboxylic acids is 1. The minimum Gasteiger partial charge on any atom is -0.462 e. The summed E-state index contributed by atoms with van der Waals surface area (Å²) in [5.74, 6) is -1.29. The van der Waals surface area contributed by atoms with Gasteiger partial charge in [-0.25, -0.2) is 9.31 Å². The number of hydrogen-bond acceptors (Lipinski definition) is 5. The lowest BCUT2D eigenvalue weighted by Crippen LogP contribution is -2.28. The molecule has 2 aromatic rings. The number of nitrogens with zero attached hydrogens (tertiary/aromatic N) is 2. The van der Waals surface area contributed by atoms with Crippen LogP contribution in [0, 0.1) is 0 Å². The molecule has 0 radical (unpaired) electrons. The molecule has 0 bridgehead atoms. The van der Waals surface area contributed by atoms with Gasteiger partial charge in [-0.15, -0.1) is 0 Å². The summed E-state index contributed by atoms with van der Waals surface area (Å²) in [4.78, 5) is 26.4. The number of H-pyrrole nitrogens is 1. The molecule has 0 aromatic carbocycles. The van der Waals surface area contributed by atoms with E-state index in [9.17, 15) is 22.8 Å². The highest BCUT2D eigenvalue weighted by Crippen LogP contribution is 2.34. The van der Waals surface area contributed by atoms with Gasteiger partial charge in [0.1, 0.15) is 5.56 Å². The van der Waals surface area contributed by atoms with Crippen LogP contribution in [0.2, 0.25) is 0 Å². The number of aromatic amines is 1. The second-order valence-corrected chi connectivity index (χ2v) is 5.78. The Bertz CT molecular complexity index is 850. The van der Waals surface area contributed by atoms with Crippen LogP contribution in [0.3, 0.4) is 0 Å². The normalized spacial score (nSPS) is 16.3. The van der Waals surface area contributed by atoms with E-state index >= 15 is 0 Å². The number of alkyl halides is 3. The van der Waals surface area contributed by atoms with Gasteiger partial charge in [0.2, 0.25) is 0 Å². The predicted molar refractivity (Wildman–Crippen MR) is 81.6 cm³/mol. The number of esters is 1. The maximum Gasteiger partial charge on any atom is 0.436 e. The van der Waals surface area contributed by atoms with Gasteiger partial charge in [-0.05, 0) is 32.9 Å². The van der Waals surface area contributed by atoms with Gasteiger partial charge in [0.25, 0.3) is 5.56 Å². The van der Waals surface area contributed by atoms with Crippen molar-refractivity contribution in [1.82, 2.24) is 19.9 Å². The lowest BCUT2D eigenvalue weighted by atomic mass is 9.94. The summed E-state index contributed by atoms with van der Waals surface area (Å²) < 4.78 is 45.9. The molecule has 1 saturated heterocycles. The molecule has 3 rings (SSSR count). The van der Waals surface area contributed by atoms with Crippen LogP contribution in [-0.4, -0.2) is 40.3 Å². The van der Waals surface area contributed by atoms with Crippen molar-refractivity contribution in [2.45, 2.75) is 31.9 Å². The van der Waals surface area contributed by atoms with Crippen molar-refractivity contribution < 1.29 is 22.7 Å². The van der Waals surface area contributed by atoms with Gasteiger partial charge in [-0.2, -0.15) is 18.3 Å². The molecule has 1 aliphatic rings. The maximum absolute atomic E-state index is 13.4. The molecule has 2 aromatic heterocycles. The van der Waals surface area contributed by atoms with Crippen LogP contribution in [0.4, 0.5) is 13.2 Å². The molecule has 2 N–H and O–H groups in total. The van der Waals surface area contributed by atoms with Crippen molar-refractivity contribution in [2.24, 2.45) is 0 Å². The van der Waals surface area contributed by atoms with Crippen LogP contribution in [0.15, 0.2) is 10.9 Å². The topological polar surface area (TPSA) is 88.5 Å². The molecule has 136 valence electrons. The van der Waals surface area contributed by atoms with E-state index in [-0.39, 0.29) is 18.2 Å². The van der Waals surface area contributed by atoms with Crippen LogP contribution in [0.1, 0.15) is 47.4 Å². The Morgan fingerprint density at radius 1 is 1.40 bits per heavy atom. The van der Waals surface area contributed by atoms with E-state index in [1.54, 1.807) is 0 Å². The van der Waals surface area contributed by atoms with Crippen molar-refractivity contribution in [3.63, 3.8) is 0 Å². The first-order valence-electron chi connectivity index (χ1n) is 7.94. The SMILES string of the molecule is CCOC(=O)c1c(C(F)(F)F)nn2c(C3CCNCC3)cc(=O)[nH]c12. The fourth-order valence-corrected chi connectivity index (χ4v) is 3.07. The first-order chi connectivity index (χ1) is 11.8. The molecule has 1 aliphatic heterocycles. The van der Waals surface area contributed by atoms with Gasteiger partial charge < -0.3 is 15.0 Å². The van der Waals surface area contributed by atoms with E-state index < -0.39 is 29.0 Å². The van der Waals surface area contributed by atoms with E-state index in [2.05, 4.69) is 15.4 Å². The summed E-state index contributed by atoms with van der Waals surface area (Å²) in [5.41, 5.74) is -2.63. The molecule has 0 atom stereocenters. The second kappa shape index (κ2) is 6.51. The Balaban J connectivity index is 2.27. The maximum atomic E-state index is 13.4. The van der Waals surface area contributed by atoms with Crippen molar-refractivity contribution in [1.29, 1.82) is 0 Å². The third-order valence-corrected chi connectivity index (χ3v) is 4.16. The van der Waals surface area contributed by atoms with Crippen molar-refractivity contribution in [2.75, 3.05) is 19.7 Å². The van der Waals surface area contributed by atoms with Gasteiger partial charge in [0, 0.05) is 12.0 Å². The van der Waals surface area contributed by atoms with Gasteiger partial charge in [-0.1, -0.05) is 0 Å². The first kappa shape index (κ1) is 17.5. The number of piperidine rings is 1. The monoisotopic (exact) mass is 358 g/mol. The molecule has 0 spiro atoms. The summed E-state index contributed by atoms with van der Waals surface area (Å²) >= 11 is 0. The van der Waals surface area contributed by atoms with Crippen LogP contribution >= 0.6 is 0 Å². The highest BCUT2D eigenvalue weighted by atomic mass is 19.4. The Labute approximate surface area is 140 Å². The molecule has 0 unspecified atom stereocenters. The quantitative estimate of drug-likeness (QED) is 0.815. The molecule has 1 fully saturated rings. The van der Waals surface area contributed by atoms with E-state index in [4.69, 9.17) is 4.74 Å². The molecule has 0 saturated carbocycles. The van der Waals surface area contributed by atoms with Crippen LogP contribution in [-0.2, 0) is 10.9 Å². The molecule has 10 heteroatoms. The number of nitrogens with one attached hydrogen (secondary N) is 2. The lowest BCUT2D eigenvalue weighted by molar-refractivity contribution is -0.141. The third-order valence-electron chi connectivity index (χ3n) is 4.16.